The van der Waals surface area contributed by atoms with Gasteiger partial charge in [-0.25, -0.2) is 4.79 Å². The van der Waals surface area contributed by atoms with E-state index in [4.69, 9.17) is 4.74 Å². The van der Waals surface area contributed by atoms with Crippen molar-refractivity contribution in [3.05, 3.63) is 36.0 Å². The number of esters is 1. The molecule has 1 rings (SSSR count). The van der Waals surface area contributed by atoms with Gasteiger partial charge in [-0.15, -0.1) is 0 Å². The minimum atomic E-state index is -0.638. The molecule has 0 aromatic carbocycles. The van der Waals surface area contributed by atoms with Crippen LogP contribution in [-0.2, 0) is 14.3 Å². The molecule has 86 valence electrons. The smallest absolute Gasteiger partial charge is 0.341 e. The number of ether oxygens (including phenoxy) is 1. The largest absolute Gasteiger partial charge is 0.462 e. The lowest BCUT2D eigenvalue weighted by Crippen LogP contribution is -2.17. The third-order valence-electron chi connectivity index (χ3n) is 2.37. The number of Topliss-reactive ketones (excluding diaryl/α,β-unsaturated/α-hetero) is 1. The second-order valence-corrected chi connectivity index (χ2v) is 3.76. The third-order valence-corrected chi connectivity index (χ3v) is 2.37. The van der Waals surface area contributed by atoms with Gasteiger partial charge in [-0.05, 0) is 19.3 Å². The Bertz CT molecular complexity index is 375. The molecule has 3 nitrogen and oxygen atoms in total. The van der Waals surface area contributed by atoms with Gasteiger partial charge in [0.15, 0.2) is 5.78 Å². The van der Waals surface area contributed by atoms with Crippen molar-refractivity contribution in [3.63, 3.8) is 0 Å². The molecule has 3 heteroatoms. The average molecular weight is 220 g/mol. The van der Waals surface area contributed by atoms with Crippen LogP contribution in [0, 0.1) is 5.92 Å². The molecule has 1 aliphatic rings. The molecule has 1 atom stereocenters. The lowest BCUT2D eigenvalue weighted by molar-refractivity contribution is -0.139. The van der Waals surface area contributed by atoms with Crippen LogP contribution in [0.2, 0.25) is 0 Å². The Morgan fingerprint density at radius 3 is 2.75 bits per heavy atom. The fourth-order valence-electron chi connectivity index (χ4n) is 1.38. The van der Waals surface area contributed by atoms with Gasteiger partial charge in [-0.1, -0.05) is 31.7 Å². The predicted octanol–water partition coefficient (Wildman–Crippen LogP) is 2.20. The molecule has 0 aromatic rings. The Morgan fingerprint density at radius 1 is 1.56 bits per heavy atom. The third kappa shape index (κ3) is 2.92. The van der Waals surface area contributed by atoms with Crippen molar-refractivity contribution in [3.8, 4) is 0 Å². The maximum absolute atomic E-state index is 11.8. The van der Waals surface area contributed by atoms with Gasteiger partial charge >= 0.3 is 5.97 Å². The van der Waals surface area contributed by atoms with Gasteiger partial charge in [-0.3, -0.25) is 4.79 Å². The quantitative estimate of drug-likeness (QED) is 0.316. The summed E-state index contributed by atoms with van der Waals surface area (Å²) in [5, 5.41) is 0. The van der Waals surface area contributed by atoms with E-state index in [9.17, 15) is 9.59 Å². The summed E-state index contributed by atoms with van der Waals surface area (Å²) in [6.07, 6.45) is 6.33. The van der Waals surface area contributed by atoms with Crippen LogP contribution in [0.3, 0.4) is 0 Å². The molecule has 1 aliphatic carbocycles. The normalized spacial score (nSPS) is 18.9. The molecule has 0 fully saturated rings. The van der Waals surface area contributed by atoms with Crippen LogP contribution in [0.4, 0.5) is 0 Å². The predicted molar refractivity (Wildman–Crippen MR) is 61.8 cm³/mol. The minimum absolute atomic E-state index is 0.104. The first kappa shape index (κ1) is 12.4. The zero-order chi connectivity index (χ0) is 12.1. The Kier molecular flexibility index (Phi) is 4.23. The van der Waals surface area contributed by atoms with Crippen LogP contribution in [0.25, 0.3) is 0 Å². The van der Waals surface area contributed by atoms with E-state index >= 15 is 0 Å². The molecular weight excluding hydrogens is 204 g/mol. The fourth-order valence-corrected chi connectivity index (χ4v) is 1.38. The van der Waals surface area contributed by atoms with Crippen molar-refractivity contribution in [1.82, 2.24) is 0 Å². The van der Waals surface area contributed by atoms with E-state index in [0.29, 0.717) is 11.5 Å². The van der Waals surface area contributed by atoms with Gasteiger partial charge < -0.3 is 4.74 Å². The molecule has 0 spiro atoms. The van der Waals surface area contributed by atoms with E-state index in [1.807, 2.05) is 12.2 Å². The highest BCUT2D eigenvalue weighted by molar-refractivity contribution is 6.24. The van der Waals surface area contributed by atoms with Crippen molar-refractivity contribution < 1.29 is 14.3 Å². The summed E-state index contributed by atoms with van der Waals surface area (Å²) in [7, 11) is 0. The number of carbonyl (C=O) groups excluding carboxylic acids is 2. The summed E-state index contributed by atoms with van der Waals surface area (Å²) in [6, 6.07) is 0. The Labute approximate surface area is 95.5 Å². The molecule has 0 saturated heterocycles. The van der Waals surface area contributed by atoms with Crippen molar-refractivity contribution in [1.29, 1.82) is 0 Å². The van der Waals surface area contributed by atoms with Crippen molar-refractivity contribution >= 4 is 11.8 Å². The molecule has 0 saturated carbocycles. The molecule has 0 aromatic heterocycles. The summed E-state index contributed by atoms with van der Waals surface area (Å²) in [4.78, 5) is 23.1. The van der Waals surface area contributed by atoms with E-state index in [0.717, 1.165) is 6.42 Å². The lowest BCUT2D eigenvalue weighted by atomic mass is 9.94. The molecule has 16 heavy (non-hydrogen) atoms. The second kappa shape index (κ2) is 5.45. The van der Waals surface area contributed by atoms with Gasteiger partial charge in [-0.2, -0.15) is 0 Å². The van der Waals surface area contributed by atoms with E-state index in [2.05, 4.69) is 13.5 Å². The van der Waals surface area contributed by atoms with E-state index in [1.54, 1.807) is 13.0 Å². The summed E-state index contributed by atoms with van der Waals surface area (Å²) in [5.74, 6) is -0.547. The lowest BCUT2D eigenvalue weighted by Gasteiger charge is -2.11. The molecule has 1 unspecified atom stereocenters. The average Bonchev–Trinajstić information content (AvgIpc) is 2.28. The number of ketones is 1. The first-order chi connectivity index (χ1) is 7.56. The highest BCUT2D eigenvalue weighted by Crippen LogP contribution is 2.18. The maximum atomic E-state index is 11.8. The molecule has 0 bridgehead atoms. The van der Waals surface area contributed by atoms with Crippen LogP contribution in [0.5, 0.6) is 0 Å². The number of hydrogen-bond donors (Lipinski definition) is 0. The topological polar surface area (TPSA) is 43.4 Å². The van der Waals surface area contributed by atoms with E-state index in [-0.39, 0.29) is 18.0 Å². The number of allylic oxidation sites excluding steroid dienone is 4. The van der Waals surface area contributed by atoms with Crippen molar-refractivity contribution in [2.75, 3.05) is 6.61 Å². The van der Waals surface area contributed by atoms with Crippen LogP contribution in [-0.4, -0.2) is 18.4 Å². The number of carbonyl (C=O) groups is 2. The van der Waals surface area contributed by atoms with Gasteiger partial charge in [0.25, 0.3) is 0 Å². The maximum Gasteiger partial charge on any atom is 0.341 e. The summed E-state index contributed by atoms with van der Waals surface area (Å²) >= 11 is 0. The second-order valence-electron chi connectivity index (χ2n) is 3.76. The number of rotatable bonds is 4. The molecular formula is C13H16O3. The summed E-state index contributed by atoms with van der Waals surface area (Å²) < 4.78 is 4.73. The zero-order valence-electron chi connectivity index (χ0n) is 9.66. The highest BCUT2D eigenvalue weighted by atomic mass is 16.5. The summed E-state index contributed by atoms with van der Waals surface area (Å²) in [5.41, 5.74) is 0.420. The Balaban J connectivity index is 2.69. The van der Waals surface area contributed by atoms with Crippen molar-refractivity contribution in [2.45, 2.75) is 20.3 Å². The molecule has 0 amide bonds. The van der Waals surface area contributed by atoms with Gasteiger partial charge in [0.05, 0.1) is 6.61 Å². The first-order valence-electron chi connectivity index (χ1n) is 5.35. The van der Waals surface area contributed by atoms with Gasteiger partial charge in [0.2, 0.25) is 0 Å². The summed E-state index contributed by atoms with van der Waals surface area (Å²) in [6.45, 7) is 7.47. The van der Waals surface area contributed by atoms with Crippen LogP contribution in [0.15, 0.2) is 36.0 Å². The zero-order valence-corrected chi connectivity index (χ0v) is 9.66. The Hall–Kier alpha value is -1.64. The molecule has 0 aliphatic heterocycles. The fraction of sp³-hybridized carbons (Fsp3) is 0.385. The molecule has 0 radical (unpaired) electrons. The first-order valence-corrected chi connectivity index (χ1v) is 5.35. The molecule has 0 N–H and O–H groups in total. The van der Waals surface area contributed by atoms with Crippen LogP contribution in [0.1, 0.15) is 20.3 Å². The monoisotopic (exact) mass is 220 g/mol. The highest BCUT2D eigenvalue weighted by Gasteiger charge is 2.20. The Morgan fingerprint density at radius 2 is 2.25 bits per heavy atom. The molecule has 0 heterocycles. The van der Waals surface area contributed by atoms with Crippen LogP contribution >= 0.6 is 0 Å². The van der Waals surface area contributed by atoms with Crippen LogP contribution < -0.4 is 0 Å². The van der Waals surface area contributed by atoms with Gasteiger partial charge in [0, 0.05) is 5.57 Å². The van der Waals surface area contributed by atoms with Crippen molar-refractivity contribution in [2.24, 2.45) is 5.92 Å². The van der Waals surface area contributed by atoms with Gasteiger partial charge in [0.1, 0.15) is 5.57 Å². The minimum Gasteiger partial charge on any atom is -0.462 e. The SMILES string of the molecule is C=C(C(=O)OCC)C(=O)C1=CCC(C)C=C1. The number of hydrogen-bond acceptors (Lipinski definition) is 3. The van der Waals surface area contributed by atoms with E-state index in [1.165, 1.54) is 0 Å². The standard InChI is InChI=1S/C13H16O3/c1-4-16-13(15)10(3)12(14)11-7-5-9(2)6-8-11/h5,7-9H,3-4,6H2,1-2H3. The van der Waals surface area contributed by atoms with E-state index < -0.39 is 5.97 Å².